The molecular weight excluding hydrogens is 342 g/mol. The Hall–Kier alpha value is -2.22. The van der Waals surface area contributed by atoms with Crippen molar-refractivity contribution in [3.05, 3.63) is 24.5 Å². The van der Waals surface area contributed by atoms with Gasteiger partial charge in [0.15, 0.2) is 5.82 Å². The number of hydrogen-bond donors (Lipinski definition) is 1. The average molecular weight is 371 g/mol. The van der Waals surface area contributed by atoms with E-state index in [0.29, 0.717) is 5.92 Å². The van der Waals surface area contributed by atoms with Crippen molar-refractivity contribution in [1.82, 2.24) is 24.7 Å². The highest BCUT2D eigenvalue weighted by Crippen LogP contribution is 2.34. The standard InChI is InChI=1S/C19H29N7O/c1-13(2)18-14(6-5-9-27-18)23-16-10-17(21-11-20-16)26-8-4-7-15(26)19-24-22-12-25(19)3/h10-15,18H,4-9H2,1-3H3,(H,20,21,23)/t14-,15+,18-/m0/s1. The highest BCUT2D eigenvalue weighted by molar-refractivity contribution is 5.51. The molecule has 0 radical (unpaired) electrons. The van der Waals surface area contributed by atoms with Crippen molar-refractivity contribution in [1.29, 1.82) is 0 Å². The average Bonchev–Trinajstić information content (AvgIpc) is 3.30. The van der Waals surface area contributed by atoms with Crippen molar-refractivity contribution in [2.75, 3.05) is 23.4 Å². The minimum atomic E-state index is 0.210. The van der Waals surface area contributed by atoms with Gasteiger partial charge in [-0.1, -0.05) is 13.8 Å². The summed E-state index contributed by atoms with van der Waals surface area (Å²) in [5, 5.41) is 12.0. The van der Waals surface area contributed by atoms with Crippen molar-refractivity contribution in [3.63, 3.8) is 0 Å². The fourth-order valence-corrected chi connectivity index (χ4v) is 4.29. The first-order chi connectivity index (χ1) is 13.1. The van der Waals surface area contributed by atoms with Gasteiger partial charge in [-0.3, -0.25) is 0 Å². The summed E-state index contributed by atoms with van der Waals surface area (Å²) in [7, 11) is 1.99. The fourth-order valence-electron chi connectivity index (χ4n) is 4.29. The van der Waals surface area contributed by atoms with Gasteiger partial charge in [0, 0.05) is 26.3 Å². The molecule has 0 aromatic carbocycles. The summed E-state index contributed by atoms with van der Waals surface area (Å²) in [4.78, 5) is 11.3. The molecular formula is C19H29N7O. The lowest BCUT2D eigenvalue weighted by Crippen LogP contribution is -2.43. The largest absolute Gasteiger partial charge is 0.376 e. The van der Waals surface area contributed by atoms with E-state index in [-0.39, 0.29) is 18.2 Å². The monoisotopic (exact) mass is 371 g/mol. The van der Waals surface area contributed by atoms with E-state index in [1.54, 1.807) is 12.7 Å². The molecule has 2 aliphatic rings. The van der Waals surface area contributed by atoms with E-state index in [9.17, 15) is 0 Å². The summed E-state index contributed by atoms with van der Waals surface area (Å²) < 4.78 is 8.00. The molecule has 0 aliphatic carbocycles. The quantitative estimate of drug-likeness (QED) is 0.865. The number of anilines is 2. The lowest BCUT2D eigenvalue weighted by atomic mass is 9.94. The Labute approximate surface area is 160 Å². The third-order valence-electron chi connectivity index (χ3n) is 5.60. The van der Waals surface area contributed by atoms with Crippen molar-refractivity contribution in [2.45, 2.75) is 57.7 Å². The van der Waals surface area contributed by atoms with Gasteiger partial charge in [-0.15, -0.1) is 10.2 Å². The van der Waals surface area contributed by atoms with Crippen molar-refractivity contribution in [3.8, 4) is 0 Å². The van der Waals surface area contributed by atoms with Crippen LogP contribution < -0.4 is 10.2 Å². The summed E-state index contributed by atoms with van der Waals surface area (Å²) in [6.07, 6.45) is 8.00. The molecule has 8 heteroatoms. The van der Waals surface area contributed by atoms with Crippen LogP contribution in [-0.4, -0.2) is 50.0 Å². The number of ether oxygens (including phenoxy) is 1. The van der Waals surface area contributed by atoms with Gasteiger partial charge >= 0.3 is 0 Å². The number of nitrogens with zero attached hydrogens (tertiary/aromatic N) is 6. The summed E-state index contributed by atoms with van der Waals surface area (Å²) in [6.45, 7) is 6.25. The van der Waals surface area contributed by atoms with Crippen molar-refractivity contribution in [2.24, 2.45) is 13.0 Å². The predicted molar refractivity (Wildman–Crippen MR) is 104 cm³/mol. The molecule has 2 aromatic rings. The van der Waals surface area contributed by atoms with Gasteiger partial charge in [0.25, 0.3) is 0 Å². The van der Waals surface area contributed by atoms with Gasteiger partial charge in [0.2, 0.25) is 0 Å². The zero-order valence-electron chi connectivity index (χ0n) is 16.4. The van der Waals surface area contributed by atoms with E-state index in [2.05, 4.69) is 50.3 Å². The highest BCUT2D eigenvalue weighted by atomic mass is 16.5. The van der Waals surface area contributed by atoms with Gasteiger partial charge in [0.05, 0.1) is 18.2 Å². The molecule has 1 N–H and O–H groups in total. The normalized spacial score (nSPS) is 25.9. The first kappa shape index (κ1) is 18.2. The van der Waals surface area contributed by atoms with Gasteiger partial charge in [-0.2, -0.15) is 0 Å². The van der Waals surface area contributed by atoms with Crippen molar-refractivity contribution >= 4 is 11.6 Å². The van der Waals surface area contributed by atoms with E-state index >= 15 is 0 Å². The number of hydrogen-bond acceptors (Lipinski definition) is 7. The van der Waals surface area contributed by atoms with E-state index in [1.807, 2.05) is 11.6 Å². The molecule has 2 aromatic heterocycles. The smallest absolute Gasteiger partial charge is 0.155 e. The zero-order valence-corrected chi connectivity index (χ0v) is 16.4. The minimum absolute atomic E-state index is 0.210. The van der Waals surface area contributed by atoms with Crippen LogP contribution in [0.15, 0.2) is 18.7 Å². The molecule has 2 saturated heterocycles. The molecule has 3 atom stereocenters. The molecule has 27 heavy (non-hydrogen) atoms. The maximum Gasteiger partial charge on any atom is 0.155 e. The number of rotatable bonds is 5. The second-order valence-electron chi connectivity index (χ2n) is 7.89. The van der Waals surface area contributed by atoms with E-state index in [0.717, 1.165) is 56.3 Å². The molecule has 0 saturated carbocycles. The number of aromatic nitrogens is 5. The van der Waals surface area contributed by atoms with Crippen LogP contribution in [0.25, 0.3) is 0 Å². The van der Waals surface area contributed by atoms with Crippen molar-refractivity contribution < 1.29 is 4.74 Å². The van der Waals surface area contributed by atoms with Crippen LogP contribution >= 0.6 is 0 Å². The maximum atomic E-state index is 6.00. The molecule has 0 unspecified atom stereocenters. The first-order valence-electron chi connectivity index (χ1n) is 9.94. The Morgan fingerprint density at radius 1 is 1.22 bits per heavy atom. The van der Waals surface area contributed by atoms with Gasteiger partial charge in [-0.05, 0) is 31.6 Å². The Balaban J connectivity index is 1.53. The first-order valence-corrected chi connectivity index (χ1v) is 9.94. The molecule has 8 nitrogen and oxygen atoms in total. The Morgan fingerprint density at radius 2 is 2.11 bits per heavy atom. The van der Waals surface area contributed by atoms with E-state index < -0.39 is 0 Å². The Bertz CT molecular complexity index is 762. The second kappa shape index (κ2) is 7.80. The molecule has 146 valence electrons. The number of aryl methyl sites for hydroxylation is 1. The summed E-state index contributed by atoms with van der Waals surface area (Å²) >= 11 is 0. The molecule has 2 aliphatic heterocycles. The van der Waals surface area contributed by atoms with Crippen LogP contribution in [0.3, 0.4) is 0 Å². The van der Waals surface area contributed by atoms with Gasteiger partial charge in [-0.25, -0.2) is 9.97 Å². The third kappa shape index (κ3) is 3.76. The highest BCUT2D eigenvalue weighted by Gasteiger charge is 2.32. The SMILES string of the molecule is CC(C)[C@@H]1OCCC[C@@H]1Nc1cc(N2CCC[C@@H]2c2nncn2C)ncn1. The third-order valence-corrected chi connectivity index (χ3v) is 5.60. The minimum Gasteiger partial charge on any atom is -0.376 e. The molecule has 4 heterocycles. The lowest BCUT2D eigenvalue weighted by Gasteiger charge is -2.35. The Morgan fingerprint density at radius 3 is 2.89 bits per heavy atom. The van der Waals surface area contributed by atoms with Gasteiger partial charge < -0.3 is 19.5 Å². The molecule has 0 spiro atoms. The Kier molecular flexibility index (Phi) is 5.24. The van der Waals surface area contributed by atoms with Gasteiger partial charge in [0.1, 0.15) is 24.3 Å². The molecule has 2 fully saturated rings. The van der Waals surface area contributed by atoms with E-state index in [4.69, 9.17) is 4.74 Å². The van der Waals surface area contributed by atoms with Crippen LogP contribution in [-0.2, 0) is 11.8 Å². The fraction of sp³-hybridized carbons (Fsp3) is 0.684. The molecule has 4 rings (SSSR count). The molecule has 0 amide bonds. The summed E-state index contributed by atoms with van der Waals surface area (Å²) in [6, 6.07) is 2.55. The predicted octanol–water partition coefficient (Wildman–Crippen LogP) is 2.56. The maximum absolute atomic E-state index is 6.00. The van der Waals surface area contributed by atoms with Crippen LogP contribution in [0.1, 0.15) is 51.4 Å². The van der Waals surface area contributed by atoms with Crippen LogP contribution in [0.5, 0.6) is 0 Å². The summed E-state index contributed by atoms with van der Waals surface area (Å²) in [5.41, 5.74) is 0. The topological polar surface area (TPSA) is 81.0 Å². The summed E-state index contributed by atoms with van der Waals surface area (Å²) in [5.74, 6) is 3.27. The second-order valence-corrected chi connectivity index (χ2v) is 7.89. The van der Waals surface area contributed by atoms with Crippen LogP contribution in [0, 0.1) is 5.92 Å². The van der Waals surface area contributed by atoms with E-state index in [1.165, 1.54) is 0 Å². The lowest BCUT2D eigenvalue weighted by molar-refractivity contribution is -0.0203. The zero-order chi connectivity index (χ0) is 18.8. The van der Waals surface area contributed by atoms with Crippen LogP contribution in [0.2, 0.25) is 0 Å². The van der Waals surface area contributed by atoms with Crippen LogP contribution in [0.4, 0.5) is 11.6 Å². The number of nitrogens with one attached hydrogen (secondary N) is 1. The molecule has 0 bridgehead atoms.